The highest BCUT2D eigenvalue weighted by Gasteiger charge is 2.14. The summed E-state index contributed by atoms with van der Waals surface area (Å²) in [6.45, 7) is 2.43. The van der Waals surface area contributed by atoms with E-state index in [1.165, 1.54) is 0 Å². The maximum Gasteiger partial charge on any atom is 0.240 e. The molecule has 0 bridgehead atoms. The van der Waals surface area contributed by atoms with Gasteiger partial charge in [-0.05, 0) is 47.9 Å². The minimum atomic E-state index is -3.56. The first kappa shape index (κ1) is 16.0. The molecule has 2 rings (SSSR count). The summed E-state index contributed by atoms with van der Waals surface area (Å²) in [5, 5.41) is 0.618. The molecular formula is C15H17ClN2O2S. The summed E-state index contributed by atoms with van der Waals surface area (Å²) < 4.78 is 27.1. The molecule has 0 aliphatic carbocycles. The van der Waals surface area contributed by atoms with Crippen molar-refractivity contribution in [2.24, 2.45) is 5.73 Å². The average Bonchev–Trinajstić information content (AvgIpc) is 2.47. The summed E-state index contributed by atoms with van der Waals surface area (Å²) >= 11 is 5.80. The van der Waals surface area contributed by atoms with Gasteiger partial charge in [-0.2, -0.15) is 0 Å². The first-order valence-electron chi connectivity index (χ1n) is 6.46. The Morgan fingerprint density at radius 1 is 1.14 bits per heavy atom. The Morgan fingerprint density at radius 2 is 1.81 bits per heavy atom. The Bertz CT molecular complexity index is 728. The molecule has 0 amide bonds. The Labute approximate surface area is 130 Å². The molecule has 2 aromatic rings. The first-order chi connectivity index (χ1) is 9.92. The molecule has 0 aromatic heterocycles. The lowest BCUT2D eigenvalue weighted by Gasteiger charge is -2.10. The molecule has 0 radical (unpaired) electrons. The van der Waals surface area contributed by atoms with Crippen LogP contribution in [0.5, 0.6) is 0 Å². The lowest BCUT2D eigenvalue weighted by molar-refractivity contribution is 0.581. The molecule has 0 heterocycles. The van der Waals surface area contributed by atoms with E-state index in [9.17, 15) is 8.42 Å². The molecule has 0 fully saturated rings. The fourth-order valence-corrected chi connectivity index (χ4v) is 3.09. The van der Waals surface area contributed by atoms with Gasteiger partial charge in [-0.15, -0.1) is 0 Å². The van der Waals surface area contributed by atoms with Crippen molar-refractivity contribution >= 4 is 21.6 Å². The molecule has 0 unspecified atom stereocenters. The van der Waals surface area contributed by atoms with E-state index in [1.54, 1.807) is 42.5 Å². The third-order valence-electron chi connectivity index (χ3n) is 3.23. The molecule has 6 heteroatoms. The van der Waals surface area contributed by atoms with Crippen LogP contribution in [0, 0.1) is 6.92 Å². The van der Waals surface area contributed by atoms with E-state index in [0.29, 0.717) is 11.6 Å². The van der Waals surface area contributed by atoms with Crippen LogP contribution in [-0.2, 0) is 23.1 Å². The SMILES string of the molecule is Cc1ccc(S(=O)(=O)NCc2ccc(Cl)cc2)cc1CN. The van der Waals surface area contributed by atoms with Crippen molar-refractivity contribution in [3.05, 3.63) is 64.2 Å². The number of sulfonamides is 1. The zero-order valence-corrected chi connectivity index (χ0v) is 13.2. The molecule has 0 saturated carbocycles. The minimum absolute atomic E-state index is 0.214. The second-order valence-electron chi connectivity index (χ2n) is 4.74. The Hall–Kier alpha value is -1.40. The van der Waals surface area contributed by atoms with Crippen LogP contribution in [0.25, 0.3) is 0 Å². The summed E-state index contributed by atoms with van der Waals surface area (Å²) in [5.74, 6) is 0. The van der Waals surface area contributed by atoms with E-state index in [-0.39, 0.29) is 11.4 Å². The highest BCUT2D eigenvalue weighted by molar-refractivity contribution is 7.89. The van der Waals surface area contributed by atoms with Crippen LogP contribution in [-0.4, -0.2) is 8.42 Å². The van der Waals surface area contributed by atoms with E-state index in [0.717, 1.165) is 16.7 Å². The van der Waals surface area contributed by atoms with Gasteiger partial charge >= 0.3 is 0 Å². The second kappa shape index (κ2) is 6.58. The number of rotatable bonds is 5. The number of benzene rings is 2. The van der Waals surface area contributed by atoms with E-state index in [4.69, 9.17) is 17.3 Å². The summed E-state index contributed by atoms with van der Waals surface area (Å²) in [4.78, 5) is 0.225. The fraction of sp³-hybridized carbons (Fsp3) is 0.200. The largest absolute Gasteiger partial charge is 0.326 e. The second-order valence-corrected chi connectivity index (χ2v) is 6.95. The number of aryl methyl sites for hydroxylation is 1. The molecule has 21 heavy (non-hydrogen) atoms. The van der Waals surface area contributed by atoms with E-state index >= 15 is 0 Å². The number of hydrogen-bond acceptors (Lipinski definition) is 3. The van der Waals surface area contributed by atoms with Crippen LogP contribution < -0.4 is 10.5 Å². The van der Waals surface area contributed by atoms with Gasteiger partial charge in [-0.25, -0.2) is 13.1 Å². The Kier molecular flexibility index (Phi) is 5.00. The molecule has 2 aromatic carbocycles. The third-order valence-corrected chi connectivity index (χ3v) is 4.88. The molecule has 3 N–H and O–H groups in total. The standard InChI is InChI=1S/C15H17ClN2O2S/c1-11-2-7-15(8-13(11)9-17)21(19,20)18-10-12-3-5-14(16)6-4-12/h2-8,18H,9-10,17H2,1H3. The van der Waals surface area contributed by atoms with Gasteiger partial charge in [-0.1, -0.05) is 29.8 Å². The average molecular weight is 325 g/mol. The fourth-order valence-electron chi connectivity index (χ4n) is 1.90. The lowest BCUT2D eigenvalue weighted by atomic mass is 10.1. The van der Waals surface area contributed by atoms with Gasteiger partial charge in [0.1, 0.15) is 0 Å². The van der Waals surface area contributed by atoms with Crippen LogP contribution in [0.3, 0.4) is 0 Å². The minimum Gasteiger partial charge on any atom is -0.326 e. The van der Waals surface area contributed by atoms with Crippen molar-refractivity contribution in [2.75, 3.05) is 0 Å². The molecule has 0 atom stereocenters. The van der Waals surface area contributed by atoms with Gasteiger partial charge in [0, 0.05) is 18.1 Å². The van der Waals surface area contributed by atoms with Crippen LogP contribution in [0.15, 0.2) is 47.4 Å². The molecular weight excluding hydrogens is 308 g/mol. The highest BCUT2D eigenvalue weighted by atomic mass is 35.5. The van der Waals surface area contributed by atoms with Crippen molar-refractivity contribution in [3.63, 3.8) is 0 Å². The molecule has 0 spiro atoms. The maximum absolute atomic E-state index is 12.3. The predicted octanol–water partition coefficient (Wildman–Crippen LogP) is 2.59. The van der Waals surface area contributed by atoms with E-state index < -0.39 is 10.0 Å². The normalized spacial score (nSPS) is 11.6. The molecule has 0 aliphatic rings. The summed E-state index contributed by atoms with van der Waals surface area (Å²) in [5.41, 5.74) is 8.26. The van der Waals surface area contributed by atoms with Crippen LogP contribution >= 0.6 is 11.6 Å². The van der Waals surface area contributed by atoms with Crippen molar-refractivity contribution in [3.8, 4) is 0 Å². The molecule has 112 valence electrons. The number of halogens is 1. The Morgan fingerprint density at radius 3 is 2.43 bits per heavy atom. The maximum atomic E-state index is 12.3. The lowest BCUT2D eigenvalue weighted by Crippen LogP contribution is -2.23. The molecule has 0 saturated heterocycles. The zero-order valence-electron chi connectivity index (χ0n) is 11.6. The Balaban J connectivity index is 2.16. The van der Waals surface area contributed by atoms with Crippen molar-refractivity contribution in [1.29, 1.82) is 0 Å². The smallest absolute Gasteiger partial charge is 0.240 e. The highest BCUT2D eigenvalue weighted by Crippen LogP contribution is 2.16. The topological polar surface area (TPSA) is 72.2 Å². The van der Waals surface area contributed by atoms with Gasteiger partial charge in [-0.3, -0.25) is 0 Å². The van der Waals surface area contributed by atoms with Gasteiger partial charge in [0.15, 0.2) is 0 Å². The van der Waals surface area contributed by atoms with Gasteiger partial charge < -0.3 is 5.73 Å². The van der Waals surface area contributed by atoms with Crippen LogP contribution in [0.1, 0.15) is 16.7 Å². The van der Waals surface area contributed by atoms with Crippen molar-refractivity contribution < 1.29 is 8.42 Å². The third kappa shape index (κ3) is 4.04. The number of nitrogens with one attached hydrogen (secondary N) is 1. The number of nitrogens with two attached hydrogens (primary N) is 1. The monoisotopic (exact) mass is 324 g/mol. The summed E-state index contributed by atoms with van der Waals surface area (Å²) in [7, 11) is -3.56. The first-order valence-corrected chi connectivity index (χ1v) is 8.32. The number of hydrogen-bond donors (Lipinski definition) is 2. The van der Waals surface area contributed by atoms with Gasteiger partial charge in [0.2, 0.25) is 10.0 Å². The van der Waals surface area contributed by atoms with Crippen LogP contribution in [0.2, 0.25) is 5.02 Å². The van der Waals surface area contributed by atoms with E-state index in [2.05, 4.69) is 4.72 Å². The quantitative estimate of drug-likeness (QED) is 0.888. The van der Waals surface area contributed by atoms with Crippen LogP contribution in [0.4, 0.5) is 0 Å². The molecule has 0 aliphatic heterocycles. The van der Waals surface area contributed by atoms with E-state index in [1.807, 2.05) is 6.92 Å². The van der Waals surface area contributed by atoms with Gasteiger partial charge in [0.25, 0.3) is 0 Å². The summed E-state index contributed by atoms with van der Waals surface area (Å²) in [6, 6.07) is 12.0. The molecule has 4 nitrogen and oxygen atoms in total. The van der Waals surface area contributed by atoms with Crippen molar-refractivity contribution in [2.45, 2.75) is 24.9 Å². The van der Waals surface area contributed by atoms with Gasteiger partial charge in [0.05, 0.1) is 4.90 Å². The predicted molar refractivity (Wildman–Crippen MR) is 84.5 cm³/mol. The zero-order chi connectivity index (χ0) is 15.5. The van der Waals surface area contributed by atoms with Crippen molar-refractivity contribution in [1.82, 2.24) is 4.72 Å². The summed E-state index contributed by atoms with van der Waals surface area (Å²) in [6.07, 6.45) is 0.